The number of carbonyl (C=O) groups is 1. The molecule has 0 unspecified atom stereocenters. The van der Waals surface area contributed by atoms with Crippen molar-refractivity contribution in [3.63, 3.8) is 0 Å². The molecule has 0 aliphatic heterocycles. The van der Waals surface area contributed by atoms with Crippen LogP contribution in [-0.2, 0) is 4.79 Å². The number of thioether (sulfide) groups is 1. The Morgan fingerprint density at radius 2 is 1.93 bits per heavy atom. The topological polar surface area (TPSA) is 116 Å². The lowest BCUT2D eigenvalue weighted by molar-refractivity contribution is -0.119. The van der Waals surface area contributed by atoms with Gasteiger partial charge in [0.05, 0.1) is 22.9 Å². The van der Waals surface area contributed by atoms with Crippen molar-refractivity contribution in [1.82, 2.24) is 10.3 Å². The third-order valence-electron chi connectivity index (χ3n) is 3.86. The summed E-state index contributed by atoms with van der Waals surface area (Å²) in [5.74, 6) is -0.0760. The molecule has 2 heterocycles. The fourth-order valence-electron chi connectivity index (χ4n) is 2.55. The van der Waals surface area contributed by atoms with E-state index in [0.717, 1.165) is 22.2 Å². The summed E-state index contributed by atoms with van der Waals surface area (Å²) in [7, 11) is 0. The molecule has 8 heteroatoms. The Kier molecular flexibility index (Phi) is 6.28. The van der Waals surface area contributed by atoms with Crippen molar-refractivity contribution >= 4 is 34.8 Å². The fourth-order valence-corrected chi connectivity index (χ4v) is 4.12. The van der Waals surface area contributed by atoms with Crippen molar-refractivity contribution in [3.8, 4) is 12.1 Å². The maximum Gasteiger partial charge on any atom is 0.231 e. The summed E-state index contributed by atoms with van der Waals surface area (Å²) in [6.07, 6.45) is 0. The highest BCUT2D eigenvalue weighted by Crippen LogP contribution is 2.27. The van der Waals surface area contributed by atoms with E-state index in [9.17, 15) is 10.1 Å². The highest BCUT2D eigenvalue weighted by molar-refractivity contribution is 8.00. The number of nitrogens with two attached hydrogens (primary N) is 1. The highest BCUT2D eigenvalue weighted by Gasteiger charge is 2.19. The average molecular weight is 406 g/mol. The molecule has 138 valence electrons. The molecule has 0 aliphatic rings. The first-order valence-electron chi connectivity index (χ1n) is 8.23. The summed E-state index contributed by atoms with van der Waals surface area (Å²) in [5.41, 5.74) is 7.08. The number of hydrogen-bond acceptors (Lipinski definition) is 7. The second-order valence-electron chi connectivity index (χ2n) is 5.71. The van der Waals surface area contributed by atoms with Gasteiger partial charge in [0, 0.05) is 4.88 Å². The second-order valence-corrected chi connectivity index (χ2v) is 7.66. The Morgan fingerprint density at radius 1 is 1.18 bits per heavy atom. The van der Waals surface area contributed by atoms with E-state index in [1.165, 1.54) is 6.07 Å². The van der Waals surface area contributed by atoms with Gasteiger partial charge in [0.2, 0.25) is 5.91 Å². The van der Waals surface area contributed by atoms with Gasteiger partial charge in [-0.1, -0.05) is 48.2 Å². The number of rotatable bonds is 6. The number of carbonyl (C=O) groups excluding carboxylic acids is 1. The Labute approximate surface area is 170 Å². The zero-order valence-electron chi connectivity index (χ0n) is 14.6. The number of nitrogen functional groups attached to an aromatic ring is 1. The zero-order valence-corrected chi connectivity index (χ0v) is 16.3. The van der Waals surface area contributed by atoms with Gasteiger partial charge in [-0.05, 0) is 23.1 Å². The van der Waals surface area contributed by atoms with Crippen LogP contribution in [0.25, 0.3) is 0 Å². The summed E-state index contributed by atoms with van der Waals surface area (Å²) >= 11 is 2.69. The van der Waals surface area contributed by atoms with Gasteiger partial charge in [0.1, 0.15) is 23.0 Å². The lowest BCUT2D eigenvalue weighted by atomic mass is 10.1. The van der Waals surface area contributed by atoms with E-state index >= 15 is 0 Å². The number of aromatic nitrogens is 1. The van der Waals surface area contributed by atoms with Crippen molar-refractivity contribution < 1.29 is 4.79 Å². The molecule has 0 aliphatic carbocycles. The zero-order chi connectivity index (χ0) is 19.9. The maximum atomic E-state index is 12.6. The molecule has 0 fully saturated rings. The molecule has 6 nitrogen and oxygen atoms in total. The predicted octanol–water partition coefficient (Wildman–Crippen LogP) is 3.47. The molecule has 0 bridgehead atoms. The van der Waals surface area contributed by atoms with Gasteiger partial charge in [0.15, 0.2) is 0 Å². The number of nitriles is 2. The Balaban J connectivity index is 1.74. The SMILES string of the molecule is N#Cc1cc(C#N)c(SCC(=O)N[C@@H](c2ccccc2)c2cccs2)nc1N. The van der Waals surface area contributed by atoms with E-state index in [0.29, 0.717) is 5.03 Å². The van der Waals surface area contributed by atoms with Crippen molar-refractivity contribution in [2.24, 2.45) is 0 Å². The van der Waals surface area contributed by atoms with E-state index in [2.05, 4.69) is 10.3 Å². The summed E-state index contributed by atoms with van der Waals surface area (Å²) in [4.78, 5) is 17.7. The van der Waals surface area contributed by atoms with Crippen molar-refractivity contribution in [2.45, 2.75) is 11.1 Å². The predicted molar refractivity (Wildman–Crippen MR) is 110 cm³/mol. The summed E-state index contributed by atoms with van der Waals surface area (Å²) < 4.78 is 0. The quantitative estimate of drug-likeness (QED) is 0.607. The van der Waals surface area contributed by atoms with Gasteiger partial charge in [-0.2, -0.15) is 10.5 Å². The number of benzene rings is 1. The molecule has 0 radical (unpaired) electrons. The summed E-state index contributed by atoms with van der Waals surface area (Å²) in [5, 5.41) is 23.6. The lowest BCUT2D eigenvalue weighted by Crippen LogP contribution is -2.30. The Hall–Kier alpha value is -3.33. The first-order chi connectivity index (χ1) is 13.6. The molecule has 3 N–H and O–H groups in total. The maximum absolute atomic E-state index is 12.6. The van der Waals surface area contributed by atoms with Crippen molar-refractivity contribution in [1.29, 1.82) is 10.5 Å². The largest absolute Gasteiger partial charge is 0.383 e. The number of amides is 1. The average Bonchev–Trinajstić information content (AvgIpc) is 3.25. The number of nitrogens with one attached hydrogen (secondary N) is 1. The first-order valence-corrected chi connectivity index (χ1v) is 10.1. The van der Waals surface area contributed by atoms with Crippen molar-refractivity contribution in [2.75, 3.05) is 11.5 Å². The van der Waals surface area contributed by atoms with Crippen LogP contribution in [0.5, 0.6) is 0 Å². The number of nitrogens with zero attached hydrogens (tertiary/aromatic N) is 3. The normalized spacial score (nSPS) is 11.2. The van der Waals surface area contributed by atoms with E-state index in [-0.39, 0.29) is 34.6 Å². The van der Waals surface area contributed by atoms with Gasteiger partial charge in [0.25, 0.3) is 0 Å². The molecule has 2 aromatic heterocycles. The molecular weight excluding hydrogens is 390 g/mol. The minimum Gasteiger partial charge on any atom is -0.383 e. The minimum absolute atomic E-state index is 0.0464. The van der Waals surface area contributed by atoms with Gasteiger partial charge < -0.3 is 11.1 Å². The molecule has 1 aromatic carbocycles. The van der Waals surface area contributed by atoms with Crippen LogP contribution in [0.1, 0.15) is 27.6 Å². The van der Waals surface area contributed by atoms with Crippen LogP contribution < -0.4 is 11.1 Å². The monoisotopic (exact) mass is 405 g/mol. The van der Waals surface area contributed by atoms with Crippen LogP contribution in [-0.4, -0.2) is 16.6 Å². The standard InChI is InChI=1S/C20H15N5OS2/c21-10-14-9-15(11-22)20(25-19(14)23)28-12-17(26)24-18(16-7-4-8-27-16)13-5-2-1-3-6-13/h1-9,18H,12H2,(H2,23,25)(H,24,26)/t18-/m0/s1. The minimum atomic E-state index is -0.247. The van der Waals surface area contributed by atoms with Crippen LogP contribution in [0.3, 0.4) is 0 Å². The number of pyridine rings is 1. The van der Waals surface area contributed by atoms with Crippen molar-refractivity contribution in [3.05, 3.63) is 75.5 Å². The summed E-state index contributed by atoms with van der Waals surface area (Å²) in [6.45, 7) is 0. The van der Waals surface area contributed by atoms with Gasteiger partial charge in [-0.3, -0.25) is 4.79 Å². The molecule has 3 aromatic rings. The third-order valence-corrected chi connectivity index (χ3v) is 5.79. The molecule has 1 atom stereocenters. The molecule has 3 rings (SSSR count). The summed E-state index contributed by atoms with van der Waals surface area (Å²) in [6, 6.07) is 18.7. The third kappa shape index (κ3) is 4.49. The van der Waals surface area contributed by atoms with E-state index in [4.69, 9.17) is 11.0 Å². The Morgan fingerprint density at radius 3 is 2.57 bits per heavy atom. The van der Waals surface area contributed by atoms with E-state index < -0.39 is 0 Å². The van der Waals surface area contributed by atoms with E-state index in [1.54, 1.807) is 11.3 Å². The smallest absolute Gasteiger partial charge is 0.231 e. The van der Waals surface area contributed by atoms with Crippen LogP contribution in [0, 0.1) is 22.7 Å². The highest BCUT2D eigenvalue weighted by atomic mass is 32.2. The van der Waals surface area contributed by atoms with Crippen LogP contribution >= 0.6 is 23.1 Å². The lowest BCUT2D eigenvalue weighted by Gasteiger charge is -2.18. The number of anilines is 1. The molecule has 28 heavy (non-hydrogen) atoms. The molecular formula is C20H15N5OS2. The van der Waals surface area contributed by atoms with Gasteiger partial charge >= 0.3 is 0 Å². The molecule has 0 saturated carbocycles. The van der Waals surface area contributed by atoms with Gasteiger partial charge in [-0.25, -0.2) is 4.98 Å². The fraction of sp³-hybridized carbons (Fsp3) is 0.100. The van der Waals surface area contributed by atoms with Crippen LogP contribution in [0.4, 0.5) is 5.82 Å². The van der Waals surface area contributed by atoms with Crippen LogP contribution in [0.2, 0.25) is 0 Å². The molecule has 1 amide bonds. The van der Waals surface area contributed by atoms with Gasteiger partial charge in [-0.15, -0.1) is 11.3 Å². The van der Waals surface area contributed by atoms with E-state index in [1.807, 2.05) is 60.0 Å². The van der Waals surface area contributed by atoms with Crippen LogP contribution in [0.15, 0.2) is 58.9 Å². The number of hydrogen-bond donors (Lipinski definition) is 2. The first kappa shape index (κ1) is 19.4. The molecule has 0 saturated heterocycles. The number of thiophene rings is 1. The second kappa shape index (κ2) is 9.05. The molecule has 0 spiro atoms. The Bertz CT molecular complexity index is 1050.